The summed E-state index contributed by atoms with van der Waals surface area (Å²) < 4.78 is 23.5. The number of methoxy groups -OCH3 is 1. The van der Waals surface area contributed by atoms with Gasteiger partial charge in [0.25, 0.3) is 0 Å². The van der Waals surface area contributed by atoms with Crippen molar-refractivity contribution in [3.05, 3.63) is 52.4 Å². The molecule has 7 heteroatoms. The maximum Gasteiger partial charge on any atom is 0.347 e. The van der Waals surface area contributed by atoms with Gasteiger partial charge >= 0.3 is 5.97 Å². The maximum atomic E-state index is 12.2. The van der Waals surface area contributed by atoms with Gasteiger partial charge in [0.05, 0.1) is 26.0 Å². The molecule has 0 radical (unpaired) electrons. The normalized spacial score (nSPS) is 11.8. The Labute approximate surface area is 171 Å². The van der Waals surface area contributed by atoms with E-state index in [4.69, 9.17) is 18.9 Å². The van der Waals surface area contributed by atoms with Crippen LogP contribution in [0.2, 0.25) is 0 Å². The summed E-state index contributed by atoms with van der Waals surface area (Å²) in [5.41, 5.74) is 0.345. The van der Waals surface area contributed by atoms with Crippen LogP contribution >= 0.6 is 0 Å². The fraction of sp³-hybridized carbons (Fsp3) is 0.455. The fourth-order valence-electron chi connectivity index (χ4n) is 2.56. The molecule has 0 aliphatic carbocycles. The molecular formula is C22H29NO6. The summed E-state index contributed by atoms with van der Waals surface area (Å²) in [6, 6.07) is 8.73. The van der Waals surface area contributed by atoms with E-state index in [-0.39, 0.29) is 17.1 Å². The van der Waals surface area contributed by atoms with Crippen LogP contribution in [-0.2, 0) is 16.1 Å². The van der Waals surface area contributed by atoms with Gasteiger partial charge in [-0.1, -0.05) is 13.8 Å². The minimum Gasteiger partial charge on any atom is -0.497 e. The quantitative estimate of drug-likeness (QED) is 0.567. The molecule has 2 aromatic rings. The number of carbonyl (C=O) groups excluding carboxylic acids is 1. The van der Waals surface area contributed by atoms with Crippen LogP contribution in [0, 0.1) is 12.8 Å². The van der Waals surface area contributed by atoms with Crippen LogP contribution in [0.1, 0.15) is 26.5 Å². The highest BCUT2D eigenvalue weighted by molar-refractivity contribution is 5.74. The molecule has 0 saturated carbocycles. The topological polar surface area (TPSA) is 76.0 Å². The molecule has 29 heavy (non-hydrogen) atoms. The smallest absolute Gasteiger partial charge is 0.347 e. The van der Waals surface area contributed by atoms with Gasteiger partial charge in [-0.2, -0.15) is 0 Å². The molecule has 1 aromatic heterocycles. The van der Waals surface area contributed by atoms with Crippen molar-refractivity contribution in [2.24, 2.45) is 5.92 Å². The number of aromatic nitrogens is 1. The van der Waals surface area contributed by atoms with E-state index in [0.717, 1.165) is 11.5 Å². The Bertz CT molecular complexity index is 857. The van der Waals surface area contributed by atoms with E-state index in [0.29, 0.717) is 25.5 Å². The number of hydrogen-bond donors (Lipinski definition) is 0. The van der Waals surface area contributed by atoms with Gasteiger partial charge in [-0.3, -0.25) is 4.79 Å². The summed E-state index contributed by atoms with van der Waals surface area (Å²) >= 11 is 0. The average molecular weight is 403 g/mol. The number of carbonyl (C=O) groups is 1. The largest absolute Gasteiger partial charge is 0.497 e. The van der Waals surface area contributed by atoms with Gasteiger partial charge in [0.15, 0.2) is 11.9 Å². The first kappa shape index (κ1) is 22.3. The van der Waals surface area contributed by atoms with E-state index in [9.17, 15) is 9.59 Å². The number of esters is 1. The van der Waals surface area contributed by atoms with Crippen LogP contribution < -0.4 is 19.6 Å². The third kappa shape index (κ3) is 6.55. The standard InChI is InChI=1S/C22H29NO6/c1-15(2)14-28-22(25)17(4)29-21-16(3)23(11-10-20(21)24)12-13-27-19-8-6-18(26-5)7-9-19/h6-11,15,17H,12-14H2,1-5H3. The van der Waals surface area contributed by atoms with Gasteiger partial charge in [0.1, 0.15) is 18.1 Å². The van der Waals surface area contributed by atoms with Crippen molar-refractivity contribution in [3.8, 4) is 17.2 Å². The van der Waals surface area contributed by atoms with E-state index >= 15 is 0 Å². The summed E-state index contributed by atoms with van der Waals surface area (Å²) in [5, 5.41) is 0. The first-order valence-corrected chi connectivity index (χ1v) is 9.62. The number of ether oxygens (including phenoxy) is 4. The Morgan fingerprint density at radius 1 is 1.07 bits per heavy atom. The minimum absolute atomic E-state index is 0.144. The number of nitrogens with zero attached hydrogens (tertiary/aromatic N) is 1. The second kappa shape index (κ2) is 10.5. The van der Waals surface area contributed by atoms with Crippen molar-refractivity contribution in [1.82, 2.24) is 4.57 Å². The predicted molar refractivity (Wildman–Crippen MR) is 110 cm³/mol. The molecule has 2 rings (SSSR count). The minimum atomic E-state index is -0.869. The fourth-order valence-corrected chi connectivity index (χ4v) is 2.56. The van der Waals surface area contributed by atoms with Crippen molar-refractivity contribution >= 4 is 5.97 Å². The van der Waals surface area contributed by atoms with Crippen molar-refractivity contribution in [3.63, 3.8) is 0 Å². The molecule has 1 unspecified atom stereocenters. The van der Waals surface area contributed by atoms with Crippen LogP contribution in [-0.4, -0.2) is 37.0 Å². The molecule has 7 nitrogen and oxygen atoms in total. The zero-order valence-corrected chi connectivity index (χ0v) is 17.6. The summed E-state index contributed by atoms with van der Waals surface area (Å²) in [4.78, 5) is 24.3. The van der Waals surface area contributed by atoms with Crippen molar-refractivity contribution in [2.45, 2.75) is 40.3 Å². The molecule has 0 N–H and O–H groups in total. The Hall–Kier alpha value is -2.96. The zero-order valence-electron chi connectivity index (χ0n) is 17.6. The Kier molecular flexibility index (Phi) is 8.12. The first-order valence-electron chi connectivity index (χ1n) is 9.62. The molecule has 0 aliphatic rings. The second-order valence-electron chi connectivity index (χ2n) is 7.10. The molecule has 0 saturated heterocycles. The molecule has 1 atom stereocenters. The lowest BCUT2D eigenvalue weighted by atomic mass is 10.2. The second-order valence-corrected chi connectivity index (χ2v) is 7.10. The van der Waals surface area contributed by atoms with E-state index in [1.54, 1.807) is 27.2 Å². The van der Waals surface area contributed by atoms with E-state index in [1.165, 1.54) is 6.07 Å². The van der Waals surface area contributed by atoms with Gasteiger partial charge in [-0.15, -0.1) is 0 Å². The SMILES string of the molecule is COc1ccc(OCCn2ccc(=O)c(OC(C)C(=O)OCC(C)C)c2C)cc1. The molecular weight excluding hydrogens is 374 g/mol. The summed E-state index contributed by atoms with van der Waals surface area (Å²) in [6.07, 6.45) is 0.815. The summed E-state index contributed by atoms with van der Waals surface area (Å²) in [7, 11) is 1.61. The molecule has 158 valence electrons. The van der Waals surface area contributed by atoms with Gasteiger partial charge in [-0.05, 0) is 44.0 Å². The van der Waals surface area contributed by atoms with Crippen LogP contribution in [0.15, 0.2) is 41.3 Å². The van der Waals surface area contributed by atoms with Crippen molar-refractivity contribution in [2.75, 3.05) is 20.3 Å². The monoisotopic (exact) mass is 403 g/mol. The Morgan fingerprint density at radius 3 is 2.34 bits per heavy atom. The lowest BCUT2D eigenvalue weighted by Gasteiger charge is -2.18. The predicted octanol–water partition coefficient (Wildman–Crippen LogP) is 3.21. The van der Waals surface area contributed by atoms with Gasteiger partial charge in [0, 0.05) is 12.3 Å². The number of pyridine rings is 1. The highest BCUT2D eigenvalue weighted by atomic mass is 16.6. The van der Waals surface area contributed by atoms with E-state index < -0.39 is 12.1 Å². The lowest BCUT2D eigenvalue weighted by molar-refractivity contribution is -0.152. The van der Waals surface area contributed by atoms with Crippen LogP contribution in [0.5, 0.6) is 17.2 Å². The van der Waals surface area contributed by atoms with Crippen LogP contribution in [0.25, 0.3) is 0 Å². The molecule has 0 bridgehead atoms. The van der Waals surface area contributed by atoms with Gasteiger partial charge in [0.2, 0.25) is 5.43 Å². The van der Waals surface area contributed by atoms with Gasteiger partial charge in [-0.25, -0.2) is 4.79 Å². The summed E-state index contributed by atoms with van der Waals surface area (Å²) in [6.45, 7) is 8.48. The Balaban J connectivity index is 1.99. The first-order chi connectivity index (χ1) is 13.8. The third-order valence-electron chi connectivity index (χ3n) is 4.23. The highest BCUT2D eigenvalue weighted by Gasteiger charge is 2.20. The molecule has 0 aliphatic heterocycles. The van der Waals surface area contributed by atoms with Gasteiger partial charge < -0.3 is 23.5 Å². The zero-order chi connectivity index (χ0) is 21.4. The third-order valence-corrected chi connectivity index (χ3v) is 4.23. The van der Waals surface area contributed by atoms with Crippen molar-refractivity contribution in [1.29, 1.82) is 0 Å². The molecule has 0 spiro atoms. The molecule has 0 amide bonds. The molecule has 1 aromatic carbocycles. The maximum absolute atomic E-state index is 12.2. The number of rotatable bonds is 10. The van der Waals surface area contributed by atoms with Crippen LogP contribution in [0.4, 0.5) is 0 Å². The Morgan fingerprint density at radius 2 is 1.72 bits per heavy atom. The summed E-state index contributed by atoms with van der Waals surface area (Å²) in [5.74, 6) is 1.37. The number of benzene rings is 1. The van der Waals surface area contributed by atoms with Crippen molar-refractivity contribution < 1.29 is 23.7 Å². The molecule has 0 fully saturated rings. The molecule has 1 heterocycles. The van der Waals surface area contributed by atoms with E-state index in [2.05, 4.69) is 0 Å². The number of hydrogen-bond acceptors (Lipinski definition) is 6. The van der Waals surface area contributed by atoms with Crippen LogP contribution in [0.3, 0.4) is 0 Å². The van der Waals surface area contributed by atoms with E-state index in [1.807, 2.05) is 42.7 Å². The lowest BCUT2D eigenvalue weighted by Crippen LogP contribution is -2.30. The highest BCUT2D eigenvalue weighted by Crippen LogP contribution is 2.18. The average Bonchev–Trinajstić information content (AvgIpc) is 2.71.